The Morgan fingerprint density at radius 3 is 2.29 bits per heavy atom. The van der Waals surface area contributed by atoms with Crippen LogP contribution in [0.25, 0.3) is 0 Å². The van der Waals surface area contributed by atoms with Crippen molar-refractivity contribution >= 4 is 5.78 Å². The molecule has 0 bridgehead atoms. The molecular formula is C20H22O4. The molecule has 3 rings (SSSR count). The number of ketones is 1. The van der Waals surface area contributed by atoms with E-state index < -0.39 is 0 Å². The summed E-state index contributed by atoms with van der Waals surface area (Å²) in [6.07, 6.45) is 4.97. The van der Waals surface area contributed by atoms with Crippen molar-refractivity contribution < 1.29 is 20.1 Å². The van der Waals surface area contributed by atoms with Crippen LogP contribution >= 0.6 is 0 Å². The van der Waals surface area contributed by atoms with Gasteiger partial charge in [0.05, 0.1) is 0 Å². The van der Waals surface area contributed by atoms with Crippen molar-refractivity contribution in [3.8, 4) is 17.2 Å². The van der Waals surface area contributed by atoms with Crippen LogP contribution in [0.2, 0.25) is 0 Å². The van der Waals surface area contributed by atoms with Crippen molar-refractivity contribution in [2.24, 2.45) is 5.92 Å². The molecule has 2 aromatic carbocycles. The van der Waals surface area contributed by atoms with Gasteiger partial charge in [0.25, 0.3) is 0 Å². The van der Waals surface area contributed by atoms with Crippen LogP contribution in [0.4, 0.5) is 0 Å². The van der Waals surface area contributed by atoms with Gasteiger partial charge in [0.1, 0.15) is 22.8 Å². The zero-order valence-electron chi connectivity index (χ0n) is 13.5. The van der Waals surface area contributed by atoms with Crippen molar-refractivity contribution in [1.82, 2.24) is 0 Å². The van der Waals surface area contributed by atoms with E-state index in [1.807, 2.05) is 30.3 Å². The van der Waals surface area contributed by atoms with E-state index in [1.165, 1.54) is 0 Å². The van der Waals surface area contributed by atoms with Gasteiger partial charge in [-0.1, -0.05) is 49.6 Å². The number of carbonyl (C=O) groups is 1. The van der Waals surface area contributed by atoms with E-state index in [-0.39, 0.29) is 40.1 Å². The first kappa shape index (κ1) is 16.4. The molecule has 0 spiro atoms. The lowest BCUT2D eigenvalue weighted by molar-refractivity contribution is 0.0883. The fraction of sp³-hybridized carbons (Fsp3) is 0.350. The first-order valence-corrected chi connectivity index (χ1v) is 8.43. The zero-order chi connectivity index (χ0) is 17.1. The van der Waals surface area contributed by atoms with Gasteiger partial charge in [0.2, 0.25) is 0 Å². The predicted octanol–water partition coefficient (Wildman–Crippen LogP) is 4.16. The summed E-state index contributed by atoms with van der Waals surface area (Å²) in [4.78, 5) is 12.8. The van der Waals surface area contributed by atoms with Gasteiger partial charge >= 0.3 is 0 Å². The second-order valence-corrected chi connectivity index (χ2v) is 6.48. The predicted molar refractivity (Wildman–Crippen MR) is 91.6 cm³/mol. The average Bonchev–Trinajstić information content (AvgIpc) is 2.60. The number of phenols is 3. The molecule has 0 saturated heterocycles. The summed E-state index contributed by atoms with van der Waals surface area (Å²) >= 11 is 0. The van der Waals surface area contributed by atoms with Crippen molar-refractivity contribution in [2.45, 2.75) is 38.5 Å². The Balaban J connectivity index is 1.97. The topological polar surface area (TPSA) is 77.8 Å². The highest BCUT2D eigenvalue weighted by atomic mass is 16.3. The van der Waals surface area contributed by atoms with Gasteiger partial charge in [-0.15, -0.1) is 0 Å². The van der Waals surface area contributed by atoms with Crippen LogP contribution < -0.4 is 0 Å². The molecule has 0 radical (unpaired) electrons. The number of benzene rings is 2. The second-order valence-electron chi connectivity index (χ2n) is 6.48. The molecule has 1 aliphatic rings. The second kappa shape index (κ2) is 6.95. The molecule has 1 saturated carbocycles. The molecule has 1 aliphatic carbocycles. The van der Waals surface area contributed by atoms with Crippen molar-refractivity contribution in [1.29, 1.82) is 0 Å². The first-order chi connectivity index (χ1) is 11.6. The Hall–Kier alpha value is -2.49. The van der Waals surface area contributed by atoms with Crippen LogP contribution in [-0.2, 0) is 6.42 Å². The summed E-state index contributed by atoms with van der Waals surface area (Å²) in [5, 5.41) is 30.8. The molecule has 0 heterocycles. The normalized spacial score (nSPS) is 15.3. The highest BCUT2D eigenvalue weighted by molar-refractivity contribution is 6.03. The molecule has 0 aromatic heterocycles. The Kier molecular flexibility index (Phi) is 4.74. The molecule has 0 amide bonds. The summed E-state index contributed by atoms with van der Waals surface area (Å²) in [5.74, 6) is -1.23. The number of aromatic hydroxyl groups is 3. The Morgan fingerprint density at radius 2 is 1.62 bits per heavy atom. The maximum absolute atomic E-state index is 12.8. The van der Waals surface area contributed by atoms with Crippen molar-refractivity contribution in [3.05, 3.63) is 53.1 Å². The fourth-order valence-corrected chi connectivity index (χ4v) is 3.47. The molecule has 3 N–H and O–H groups in total. The number of phenolic OH excluding ortho intramolecular Hbond substituents is 3. The van der Waals surface area contributed by atoms with E-state index in [2.05, 4.69) is 0 Å². The minimum absolute atomic E-state index is 0.0503. The van der Waals surface area contributed by atoms with Crippen molar-refractivity contribution in [2.75, 3.05) is 0 Å². The van der Waals surface area contributed by atoms with Gasteiger partial charge in [-0.3, -0.25) is 4.79 Å². The number of carbonyl (C=O) groups excluding carboxylic acids is 1. The summed E-state index contributed by atoms with van der Waals surface area (Å²) in [6.45, 7) is 0. The van der Waals surface area contributed by atoms with Crippen LogP contribution in [-0.4, -0.2) is 21.1 Å². The highest BCUT2D eigenvalue weighted by Gasteiger charge is 2.29. The molecule has 24 heavy (non-hydrogen) atoms. The van der Waals surface area contributed by atoms with Crippen LogP contribution in [0.15, 0.2) is 36.4 Å². The fourth-order valence-electron chi connectivity index (χ4n) is 3.47. The summed E-state index contributed by atoms with van der Waals surface area (Å²) < 4.78 is 0. The minimum atomic E-state index is -0.350. The third-order valence-electron chi connectivity index (χ3n) is 4.81. The number of hydrogen-bond donors (Lipinski definition) is 3. The van der Waals surface area contributed by atoms with E-state index in [4.69, 9.17) is 0 Å². The van der Waals surface area contributed by atoms with Crippen LogP contribution in [0.5, 0.6) is 17.2 Å². The lowest BCUT2D eigenvalue weighted by atomic mass is 9.82. The van der Waals surface area contributed by atoms with Gasteiger partial charge < -0.3 is 15.3 Å². The van der Waals surface area contributed by atoms with Crippen LogP contribution in [0.1, 0.15) is 53.6 Å². The Morgan fingerprint density at radius 1 is 0.958 bits per heavy atom. The van der Waals surface area contributed by atoms with Gasteiger partial charge in [-0.25, -0.2) is 0 Å². The number of hydrogen-bond acceptors (Lipinski definition) is 4. The summed E-state index contributed by atoms with van der Waals surface area (Å²) in [6, 6.07) is 10.6. The van der Waals surface area contributed by atoms with E-state index >= 15 is 0 Å². The van der Waals surface area contributed by atoms with Crippen LogP contribution in [0, 0.1) is 5.92 Å². The van der Waals surface area contributed by atoms with Crippen LogP contribution in [0.3, 0.4) is 0 Å². The Bertz CT molecular complexity index is 731. The SMILES string of the molecule is O=C(c1c(O)cc(O)c(Cc2ccccc2)c1O)C1CCCCC1. The molecular weight excluding hydrogens is 304 g/mol. The number of rotatable bonds is 4. The molecule has 1 fully saturated rings. The maximum Gasteiger partial charge on any atom is 0.173 e. The van der Waals surface area contributed by atoms with E-state index in [1.54, 1.807) is 0 Å². The molecule has 4 nitrogen and oxygen atoms in total. The van der Waals surface area contributed by atoms with E-state index in [0.29, 0.717) is 6.42 Å². The minimum Gasteiger partial charge on any atom is -0.507 e. The third-order valence-corrected chi connectivity index (χ3v) is 4.81. The largest absolute Gasteiger partial charge is 0.507 e. The smallest absolute Gasteiger partial charge is 0.173 e. The van der Waals surface area contributed by atoms with Gasteiger partial charge in [0, 0.05) is 24.0 Å². The zero-order valence-corrected chi connectivity index (χ0v) is 13.5. The van der Waals surface area contributed by atoms with Gasteiger partial charge in [0.15, 0.2) is 5.78 Å². The van der Waals surface area contributed by atoms with Gasteiger partial charge in [-0.05, 0) is 18.4 Å². The highest BCUT2D eigenvalue weighted by Crippen LogP contribution is 2.41. The molecule has 0 atom stereocenters. The van der Waals surface area contributed by atoms with Crippen molar-refractivity contribution in [3.63, 3.8) is 0 Å². The monoisotopic (exact) mass is 326 g/mol. The quantitative estimate of drug-likeness (QED) is 0.737. The summed E-state index contributed by atoms with van der Waals surface area (Å²) in [5.41, 5.74) is 1.13. The maximum atomic E-state index is 12.8. The number of Topliss-reactive ketones (excluding diaryl/α,β-unsaturated/α-hetero) is 1. The summed E-state index contributed by atoms with van der Waals surface area (Å²) in [7, 11) is 0. The first-order valence-electron chi connectivity index (χ1n) is 8.43. The molecule has 4 heteroatoms. The lowest BCUT2D eigenvalue weighted by Gasteiger charge is -2.22. The van der Waals surface area contributed by atoms with Gasteiger partial charge in [-0.2, -0.15) is 0 Å². The lowest BCUT2D eigenvalue weighted by Crippen LogP contribution is -2.18. The molecule has 2 aromatic rings. The van der Waals surface area contributed by atoms with E-state index in [0.717, 1.165) is 43.7 Å². The Labute approximate surface area is 141 Å². The third kappa shape index (κ3) is 3.23. The molecule has 0 aliphatic heterocycles. The molecule has 126 valence electrons. The average molecular weight is 326 g/mol. The van der Waals surface area contributed by atoms with E-state index in [9.17, 15) is 20.1 Å². The molecule has 0 unspecified atom stereocenters. The standard InChI is InChI=1S/C20H22O4/c21-16-12-17(22)18(19(23)14-9-5-2-6-10-14)20(24)15(16)11-13-7-3-1-4-8-13/h1,3-4,7-8,12,14,21-22,24H,2,5-6,9-11H2.